The molecule has 1 N–H and O–H groups in total. The molecular formula is C20H22ClN3O2. The minimum Gasteiger partial charge on any atom is -0.494 e. The third-order valence-electron chi connectivity index (χ3n) is 4.20. The van der Waals surface area contributed by atoms with Gasteiger partial charge in [-0.05, 0) is 48.9 Å². The van der Waals surface area contributed by atoms with Gasteiger partial charge in [-0.25, -0.2) is 0 Å². The molecule has 0 amide bonds. The van der Waals surface area contributed by atoms with E-state index in [1.807, 2.05) is 24.3 Å². The summed E-state index contributed by atoms with van der Waals surface area (Å²) in [5, 5.41) is 13.0. The quantitative estimate of drug-likeness (QED) is 0.747. The first-order valence-corrected chi connectivity index (χ1v) is 9.13. The maximum absolute atomic E-state index is 8.80. The summed E-state index contributed by atoms with van der Waals surface area (Å²) in [6.07, 6.45) is 0.856. The second-order valence-corrected chi connectivity index (χ2v) is 6.46. The lowest BCUT2D eigenvalue weighted by Crippen LogP contribution is -2.36. The second-order valence-electron chi connectivity index (χ2n) is 6.03. The minimum absolute atomic E-state index is 0.604. The second kappa shape index (κ2) is 9.33. The van der Waals surface area contributed by atoms with Gasteiger partial charge in [0.25, 0.3) is 0 Å². The molecule has 136 valence electrons. The molecule has 0 saturated carbocycles. The fraction of sp³-hybridized carbons (Fsp3) is 0.350. The van der Waals surface area contributed by atoms with E-state index < -0.39 is 0 Å². The Labute approximate surface area is 159 Å². The Morgan fingerprint density at radius 2 is 1.92 bits per heavy atom. The molecule has 6 heteroatoms. The molecule has 0 unspecified atom stereocenters. The molecule has 0 atom stereocenters. The first kappa shape index (κ1) is 18.4. The summed E-state index contributed by atoms with van der Waals surface area (Å²) in [5.74, 6) is 0.778. The Bertz CT molecular complexity index is 753. The van der Waals surface area contributed by atoms with Crippen molar-refractivity contribution in [1.29, 1.82) is 5.26 Å². The fourth-order valence-corrected chi connectivity index (χ4v) is 3.01. The van der Waals surface area contributed by atoms with Crippen molar-refractivity contribution < 1.29 is 9.47 Å². The largest absolute Gasteiger partial charge is 0.494 e. The van der Waals surface area contributed by atoms with E-state index in [-0.39, 0.29) is 0 Å². The van der Waals surface area contributed by atoms with Crippen molar-refractivity contribution in [3.63, 3.8) is 0 Å². The summed E-state index contributed by atoms with van der Waals surface area (Å²) in [6, 6.07) is 15.2. The summed E-state index contributed by atoms with van der Waals surface area (Å²) in [7, 11) is 0. The number of benzene rings is 2. The van der Waals surface area contributed by atoms with E-state index in [2.05, 4.69) is 22.4 Å². The van der Waals surface area contributed by atoms with Gasteiger partial charge in [0.1, 0.15) is 5.75 Å². The van der Waals surface area contributed by atoms with Crippen LogP contribution in [-0.4, -0.2) is 39.5 Å². The van der Waals surface area contributed by atoms with Crippen molar-refractivity contribution in [1.82, 2.24) is 0 Å². The lowest BCUT2D eigenvalue weighted by atomic mass is 10.2. The van der Waals surface area contributed by atoms with E-state index in [4.69, 9.17) is 26.3 Å². The molecule has 26 heavy (non-hydrogen) atoms. The molecular weight excluding hydrogens is 350 g/mol. The van der Waals surface area contributed by atoms with E-state index >= 15 is 0 Å². The first-order chi connectivity index (χ1) is 12.8. The highest BCUT2D eigenvalue weighted by Gasteiger charge is 2.14. The summed E-state index contributed by atoms with van der Waals surface area (Å²) >= 11 is 6.17. The molecule has 3 rings (SSSR count). The van der Waals surface area contributed by atoms with Crippen molar-refractivity contribution in [2.45, 2.75) is 6.42 Å². The Morgan fingerprint density at radius 3 is 2.65 bits per heavy atom. The molecule has 2 aromatic carbocycles. The number of rotatable bonds is 7. The molecule has 0 aromatic heterocycles. The van der Waals surface area contributed by atoms with Crippen LogP contribution >= 0.6 is 11.6 Å². The molecule has 0 bridgehead atoms. The molecule has 0 spiro atoms. The van der Waals surface area contributed by atoms with E-state index in [0.717, 1.165) is 61.4 Å². The van der Waals surface area contributed by atoms with Crippen LogP contribution in [0.5, 0.6) is 5.75 Å². The summed E-state index contributed by atoms with van der Waals surface area (Å²) in [6.45, 7) is 4.66. The van der Waals surface area contributed by atoms with Crippen LogP contribution in [0.2, 0.25) is 5.02 Å². The predicted octanol–water partition coefficient (Wildman–Crippen LogP) is 3.93. The molecule has 1 heterocycles. The zero-order chi connectivity index (χ0) is 18.2. The first-order valence-electron chi connectivity index (χ1n) is 8.75. The number of nitrogens with one attached hydrogen (secondary N) is 1. The number of ether oxygens (including phenoxy) is 2. The molecule has 0 aliphatic carbocycles. The van der Waals surface area contributed by atoms with Crippen LogP contribution < -0.4 is 15.0 Å². The van der Waals surface area contributed by atoms with Gasteiger partial charge >= 0.3 is 0 Å². The van der Waals surface area contributed by atoms with Crippen LogP contribution in [0.1, 0.15) is 12.0 Å². The SMILES string of the molecule is N#Cc1ccc(OCCCNc2cc(Cl)ccc2N2CCOCC2)cc1. The van der Waals surface area contributed by atoms with Crippen LogP contribution in [0, 0.1) is 11.3 Å². The molecule has 1 aliphatic heterocycles. The number of nitriles is 1. The van der Waals surface area contributed by atoms with Gasteiger partial charge in [-0.15, -0.1) is 0 Å². The lowest BCUT2D eigenvalue weighted by molar-refractivity contribution is 0.123. The van der Waals surface area contributed by atoms with E-state index in [1.165, 1.54) is 0 Å². The summed E-state index contributed by atoms with van der Waals surface area (Å²) < 4.78 is 11.1. The van der Waals surface area contributed by atoms with Crippen molar-refractivity contribution in [3.05, 3.63) is 53.1 Å². The zero-order valence-electron chi connectivity index (χ0n) is 14.6. The van der Waals surface area contributed by atoms with Crippen LogP contribution in [-0.2, 0) is 4.74 Å². The fourth-order valence-electron chi connectivity index (χ4n) is 2.84. The highest BCUT2D eigenvalue weighted by Crippen LogP contribution is 2.29. The number of nitrogens with zero attached hydrogens (tertiary/aromatic N) is 2. The Balaban J connectivity index is 1.49. The van der Waals surface area contributed by atoms with Gasteiger partial charge in [-0.2, -0.15) is 5.26 Å². The zero-order valence-corrected chi connectivity index (χ0v) is 15.3. The lowest BCUT2D eigenvalue weighted by Gasteiger charge is -2.30. The highest BCUT2D eigenvalue weighted by atomic mass is 35.5. The van der Waals surface area contributed by atoms with Crippen molar-refractivity contribution >= 4 is 23.0 Å². The topological polar surface area (TPSA) is 57.5 Å². The van der Waals surface area contributed by atoms with E-state index in [1.54, 1.807) is 12.1 Å². The molecule has 0 radical (unpaired) electrons. The van der Waals surface area contributed by atoms with E-state index in [9.17, 15) is 0 Å². The van der Waals surface area contributed by atoms with Crippen molar-refractivity contribution in [2.75, 3.05) is 49.7 Å². The van der Waals surface area contributed by atoms with Gasteiger partial charge in [-0.1, -0.05) is 11.6 Å². The Kier molecular flexibility index (Phi) is 6.59. The Hall–Kier alpha value is -2.42. The number of hydrogen-bond acceptors (Lipinski definition) is 5. The monoisotopic (exact) mass is 371 g/mol. The molecule has 2 aromatic rings. The Morgan fingerprint density at radius 1 is 1.15 bits per heavy atom. The molecule has 1 aliphatic rings. The number of hydrogen-bond donors (Lipinski definition) is 1. The van der Waals surface area contributed by atoms with Gasteiger partial charge in [0.2, 0.25) is 0 Å². The highest BCUT2D eigenvalue weighted by molar-refractivity contribution is 6.31. The summed E-state index contributed by atoms with van der Waals surface area (Å²) in [5.41, 5.74) is 2.83. The minimum atomic E-state index is 0.604. The average molecular weight is 372 g/mol. The van der Waals surface area contributed by atoms with Gasteiger partial charge in [0.05, 0.1) is 42.8 Å². The van der Waals surface area contributed by atoms with Gasteiger partial charge in [-0.3, -0.25) is 0 Å². The number of anilines is 2. The van der Waals surface area contributed by atoms with Gasteiger partial charge in [0.15, 0.2) is 0 Å². The summed E-state index contributed by atoms with van der Waals surface area (Å²) in [4.78, 5) is 2.31. The van der Waals surface area contributed by atoms with Gasteiger partial charge < -0.3 is 19.7 Å². The van der Waals surface area contributed by atoms with Crippen LogP contribution in [0.15, 0.2) is 42.5 Å². The van der Waals surface area contributed by atoms with E-state index in [0.29, 0.717) is 12.2 Å². The van der Waals surface area contributed by atoms with Crippen LogP contribution in [0.25, 0.3) is 0 Å². The van der Waals surface area contributed by atoms with Crippen LogP contribution in [0.4, 0.5) is 11.4 Å². The normalized spacial score (nSPS) is 13.9. The molecule has 1 saturated heterocycles. The third kappa shape index (κ3) is 5.04. The van der Waals surface area contributed by atoms with Crippen molar-refractivity contribution in [2.24, 2.45) is 0 Å². The van der Waals surface area contributed by atoms with Gasteiger partial charge in [0, 0.05) is 24.7 Å². The average Bonchev–Trinajstić information content (AvgIpc) is 2.69. The number of morpholine rings is 1. The van der Waals surface area contributed by atoms with Crippen LogP contribution in [0.3, 0.4) is 0 Å². The standard InChI is InChI=1S/C20H22ClN3O2/c21-17-4-7-20(24-9-12-25-13-10-24)19(14-17)23-8-1-11-26-18-5-2-16(15-22)3-6-18/h2-7,14,23H,1,8-13H2. The number of halogens is 1. The molecule has 5 nitrogen and oxygen atoms in total. The molecule has 1 fully saturated rings. The maximum atomic E-state index is 8.80. The maximum Gasteiger partial charge on any atom is 0.119 e. The predicted molar refractivity (Wildman–Crippen MR) is 104 cm³/mol. The third-order valence-corrected chi connectivity index (χ3v) is 4.43. The van der Waals surface area contributed by atoms with Crippen molar-refractivity contribution in [3.8, 4) is 11.8 Å². The smallest absolute Gasteiger partial charge is 0.119 e.